The summed E-state index contributed by atoms with van der Waals surface area (Å²) in [6.07, 6.45) is 5.16. The van der Waals surface area contributed by atoms with Gasteiger partial charge in [0.2, 0.25) is 5.91 Å². The molecule has 7 rings (SSSR count). The fourth-order valence-electron chi connectivity index (χ4n) is 7.90. The van der Waals surface area contributed by atoms with Crippen LogP contribution in [-0.4, -0.2) is 99.5 Å². The van der Waals surface area contributed by atoms with E-state index in [-0.39, 0.29) is 42.9 Å². The average Bonchev–Trinajstić information content (AvgIpc) is 3.54. The number of likely N-dealkylation sites (N-methyl/N-ethyl adjacent to an activating group) is 1. The molecule has 4 atom stereocenters. The number of aryl methyl sites for hydroxylation is 2. The van der Waals surface area contributed by atoms with Gasteiger partial charge in [0, 0.05) is 43.9 Å². The fraction of sp³-hybridized carbons (Fsp3) is 0.529. The number of aromatic nitrogens is 3. The van der Waals surface area contributed by atoms with Gasteiger partial charge in [-0.2, -0.15) is 9.97 Å². The minimum atomic E-state index is -1.30. The van der Waals surface area contributed by atoms with Gasteiger partial charge in [-0.25, -0.2) is 8.78 Å². The first-order chi connectivity index (χ1) is 21.6. The van der Waals surface area contributed by atoms with Crippen LogP contribution in [0.15, 0.2) is 31.0 Å². The summed E-state index contributed by atoms with van der Waals surface area (Å²) in [6, 6.07) is 3.05. The molecule has 5 heterocycles. The molecule has 9 nitrogen and oxygen atoms in total. The number of hydrogen-bond acceptors (Lipinski definition) is 8. The van der Waals surface area contributed by atoms with E-state index in [4.69, 9.17) is 19.7 Å². The highest BCUT2D eigenvalue weighted by molar-refractivity contribution is 5.95. The van der Waals surface area contributed by atoms with Crippen molar-refractivity contribution in [2.24, 2.45) is 0 Å². The zero-order chi connectivity index (χ0) is 31.6. The zero-order valence-corrected chi connectivity index (χ0v) is 26.1. The number of rotatable bonds is 8. The second-order valence-corrected chi connectivity index (χ2v) is 13.3. The number of ether oxygens (including phenoxy) is 1. The maximum Gasteiger partial charge on any atom is 0.319 e. The number of hydrogen-bond donors (Lipinski definition) is 1. The van der Waals surface area contributed by atoms with E-state index >= 15 is 4.39 Å². The Balaban J connectivity index is 1.32. The van der Waals surface area contributed by atoms with Crippen LogP contribution >= 0.6 is 0 Å². The van der Waals surface area contributed by atoms with Gasteiger partial charge in [-0.3, -0.25) is 14.7 Å². The number of pyridine rings is 1. The van der Waals surface area contributed by atoms with Crippen molar-refractivity contribution >= 4 is 22.6 Å². The minimum absolute atomic E-state index is 0.0305. The Labute approximate surface area is 261 Å². The smallest absolute Gasteiger partial charge is 0.319 e. The van der Waals surface area contributed by atoms with Gasteiger partial charge in [-0.05, 0) is 81.3 Å². The van der Waals surface area contributed by atoms with Crippen molar-refractivity contribution in [3.8, 4) is 23.0 Å². The molecule has 2 unspecified atom stereocenters. The van der Waals surface area contributed by atoms with Crippen molar-refractivity contribution in [1.82, 2.24) is 24.8 Å². The van der Waals surface area contributed by atoms with Crippen LogP contribution in [0.25, 0.3) is 22.2 Å². The molecule has 238 valence electrons. The molecule has 0 spiro atoms. The van der Waals surface area contributed by atoms with Crippen molar-refractivity contribution in [1.29, 1.82) is 0 Å². The van der Waals surface area contributed by atoms with Crippen molar-refractivity contribution in [2.45, 2.75) is 75.8 Å². The molecule has 4 fully saturated rings. The number of anilines is 1. The molecule has 11 heteroatoms. The van der Waals surface area contributed by atoms with Gasteiger partial charge in [0.05, 0.1) is 34.7 Å². The van der Waals surface area contributed by atoms with Gasteiger partial charge in [0.25, 0.3) is 0 Å². The number of alkyl halides is 2. The van der Waals surface area contributed by atoms with Crippen molar-refractivity contribution < 1.29 is 23.4 Å². The van der Waals surface area contributed by atoms with Gasteiger partial charge >= 0.3 is 6.01 Å². The summed E-state index contributed by atoms with van der Waals surface area (Å²) in [4.78, 5) is 32.3. The number of phenols is 1. The third kappa shape index (κ3) is 5.18. The summed E-state index contributed by atoms with van der Waals surface area (Å²) in [7, 11) is 1.76. The summed E-state index contributed by atoms with van der Waals surface area (Å²) in [5.41, 5.74) is 4.82. The largest absolute Gasteiger partial charge is 0.508 e. The molecule has 0 bridgehead atoms. The standard InChI is InChI=1S/C34H40F2N6O3/c1-5-28(44)41-16-26(36)27(17-41)40(4)32-25-14-37-30(24-12-23(43)11-19(2)29(24)21-7-8-21)20(3)31(25)38-33(39-32)45-18-34-9-6-10-42(34)15-22(35)13-34/h5,11-12,14,21-22,26-27,43H,1,6-10,13,15-18H2,2-4H3/t22-,26+,27?,34?/m1/s1. The highest BCUT2D eigenvalue weighted by Crippen LogP contribution is 2.48. The molecule has 3 saturated heterocycles. The second kappa shape index (κ2) is 11.2. The molecule has 1 saturated carbocycles. The molecule has 1 aromatic carbocycles. The van der Waals surface area contributed by atoms with Crippen molar-refractivity contribution in [3.63, 3.8) is 0 Å². The van der Waals surface area contributed by atoms with E-state index in [0.29, 0.717) is 41.3 Å². The Bertz CT molecular complexity index is 1680. The fourth-order valence-corrected chi connectivity index (χ4v) is 7.90. The Kier molecular flexibility index (Phi) is 7.42. The Morgan fingerprint density at radius 1 is 1.22 bits per heavy atom. The first-order valence-corrected chi connectivity index (χ1v) is 15.9. The summed E-state index contributed by atoms with van der Waals surface area (Å²) in [5, 5.41) is 11.2. The van der Waals surface area contributed by atoms with E-state index in [1.807, 2.05) is 13.8 Å². The van der Waals surface area contributed by atoms with Crippen molar-refractivity contribution in [2.75, 3.05) is 44.7 Å². The van der Waals surface area contributed by atoms with E-state index in [9.17, 15) is 14.3 Å². The van der Waals surface area contributed by atoms with E-state index in [1.54, 1.807) is 30.3 Å². The maximum absolute atomic E-state index is 15.4. The van der Waals surface area contributed by atoms with E-state index < -0.39 is 18.4 Å². The predicted octanol–water partition coefficient (Wildman–Crippen LogP) is 5.02. The number of amides is 1. The highest BCUT2D eigenvalue weighted by atomic mass is 19.1. The van der Waals surface area contributed by atoms with Crippen LogP contribution in [-0.2, 0) is 4.79 Å². The van der Waals surface area contributed by atoms with Crippen LogP contribution in [0.1, 0.15) is 54.7 Å². The predicted molar refractivity (Wildman–Crippen MR) is 168 cm³/mol. The zero-order valence-electron chi connectivity index (χ0n) is 26.1. The molecular formula is C34H40F2N6O3. The molecular weight excluding hydrogens is 578 g/mol. The molecule has 45 heavy (non-hydrogen) atoms. The van der Waals surface area contributed by atoms with Crippen LogP contribution in [0.3, 0.4) is 0 Å². The molecule has 4 aliphatic rings. The van der Waals surface area contributed by atoms with E-state index in [1.165, 1.54) is 16.5 Å². The van der Waals surface area contributed by atoms with Crippen molar-refractivity contribution in [3.05, 3.63) is 47.7 Å². The lowest BCUT2D eigenvalue weighted by atomic mass is 9.92. The minimum Gasteiger partial charge on any atom is -0.508 e. The van der Waals surface area contributed by atoms with Gasteiger partial charge in [-0.1, -0.05) is 6.58 Å². The summed E-state index contributed by atoms with van der Waals surface area (Å²) in [5.74, 6) is 0.733. The lowest BCUT2D eigenvalue weighted by Crippen LogP contribution is -2.43. The summed E-state index contributed by atoms with van der Waals surface area (Å²) < 4.78 is 36.3. The van der Waals surface area contributed by atoms with Crippen LogP contribution < -0.4 is 9.64 Å². The first kappa shape index (κ1) is 29.8. The van der Waals surface area contributed by atoms with Crippen LogP contribution in [0.5, 0.6) is 11.8 Å². The molecule has 1 aliphatic carbocycles. The second-order valence-electron chi connectivity index (χ2n) is 13.3. The molecule has 2 aromatic heterocycles. The van der Waals surface area contributed by atoms with Gasteiger partial charge in [0.15, 0.2) is 0 Å². The lowest BCUT2D eigenvalue weighted by Gasteiger charge is -2.31. The Hall–Kier alpha value is -3.86. The molecule has 3 aromatic rings. The van der Waals surface area contributed by atoms with Crippen LogP contribution in [0.2, 0.25) is 0 Å². The maximum atomic E-state index is 15.4. The van der Waals surface area contributed by atoms with Crippen LogP contribution in [0.4, 0.5) is 14.6 Å². The Morgan fingerprint density at radius 3 is 2.78 bits per heavy atom. The third-order valence-corrected chi connectivity index (χ3v) is 10.3. The molecule has 3 aliphatic heterocycles. The normalized spacial score (nSPS) is 26.4. The molecule has 0 radical (unpaired) electrons. The van der Waals surface area contributed by atoms with Crippen LogP contribution in [0, 0.1) is 13.8 Å². The van der Waals surface area contributed by atoms with E-state index in [0.717, 1.165) is 48.9 Å². The highest BCUT2D eigenvalue weighted by Gasteiger charge is 2.49. The summed E-state index contributed by atoms with van der Waals surface area (Å²) >= 11 is 0. The molecule has 1 amide bonds. The lowest BCUT2D eigenvalue weighted by molar-refractivity contribution is -0.125. The summed E-state index contributed by atoms with van der Waals surface area (Å²) in [6.45, 7) is 9.17. The number of benzene rings is 1. The number of carbonyl (C=O) groups excluding carboxylic acids is 1. The number of phenolic OH excluding ortho intramolecular Hbond substituents is 1. The van der Waals surface area contributed by atoms with Gasteiger partial charge in [-0.15, -0.1) is 0 Å². The topological polar surface area (TPSA) is 94.9 Å². The number of carbonyl (C=O) groups is 1. The monoisotopic (exact) mass is 618 g/mol. The SMILES string of the molecule is C=CC(=O)N1CC(N(C)c2nc(OCC34CCCN3C[C@H](F)C4)nc3c(C)c(-c4cc(O)cc(C)c4C4CC4)ncc23)[C@@H](F)C1. The quantitative estimate of drug-likeness (QED) is 0.352. The first-order valence-electron chi connectivity index (χ1n) is 15.9. The number of likely N-dealkylation sites (tertiary alicyclic amines) is 1. The number of nitrogens with zero attached hydrogens (tertiary/aromatic N) is 6. The molecule has 1 N–H and O–H groups in total. The Morgan fingerprint density at radius 2 is 2.02 bits per heavy atom. The van der Waals surface area contributed by atoms with E-state index in [2.05, 4.69) is 11.5 Å². The van der Waals surface area contributed by atoms with Gasteiger partial charge < -0.3 is 19.6 Å². The average molecular weight is 619 g/mol. The number of fused-ring (bicyclic) bond motifs is 2. The number of halogens is 2. The van der Waals surface area contributed by atoms with Gasteiger partial charge in [0.1, 0.15) is 30.5 Å². The number of aromatic hydroxyl groups is 1. The third-order valence-electron chi connectivity index (χ3n) is 10.3.